The van der Waals surface area contributed by atoms with E-state index < -0.39 is 0 Å². The molecule has 1 aromatic rings. The molecule has 0 aromatic heterocycles. The highest BCUT2D eigenvalue weighted by Gasteiger charge is 2.45. The molecule has 1 amide bonds. The molecule has 0 spiro atoms. The van der Waals surface area contributed by atoms with E-state index in [0.29, 0.717) is 12.5 Å². The number of fused-ring (bicyclic) bond motifs is 1. The van der Waals surface area contributed by atoms with Crippen LogP contribution in [-0.4, -0.2) is 81.5 Å². The average molecular weight is 348 g/mol. The van der Waals surface area contributed by atoms with E-state index in [2.05, 4.69) is 4.90 Å². The van der Waals surface area contributed by atoms with Crippen LogP contribution in [0.5, 0.6) is 5.75 Å². The van der Waals surface area contributed by atoms with Gasteiger partial charge in [0.1, 0.15) is 5.75 Å². The molecular formula is C19H28N2O4. The molecule has 0 radical (unpaired) electrons. The molecule has 25 heavy (non-hydrogen) atoms. The molecule has 2 aliphatic rings. The number of rotatable bonds is 7. The van der Waals surface area contributed by atoms with Gasteiger partial charge in [0.2, 0.25) is 0 Å². The molecule has 2 heterocycles. The van der Waals surface area contributed by atoms with E-state index in [1.165, 1.54) is 0 Å². The van der Waals surface area contributed by atoms with Gasteiger partial charge in [0.05, 0.1) is 18.8 Å². The number of hydrogen-bond donors (Lipinski definition) is 0. The second-order valence-electron chi connectivity index (χ2n) is 6.74. The van der Waals surface area contributed by atoms with Crippen LogP contribution in [0, 0.1) is 5.92 Å². The number of carbonyl (C=O) groups is 1. The van der Waals surface area contributed by atoms with E-state index in [1.54, 1.807) is 14.2 Å². The Labute approximate surface area is 149 Å². The number of hydrogen-bond acceptors (Lipinski definition) is 5. The molecule has 138 valence electrons. The SMILES string of the molecule is COCCN1C[C@H]2[C@H](OC)CCN(C(=O)COc3ccccc3)[C@H]2C1. The number of para-hydroxylation sites is 1. The summed E-state index contributed by atoms with van der Waals surface area (Å²) in [5, 5.41) is 0. The summed E-state index contributed by atoms with van der Waals surface area (Å²) < 4.78 is 16.5. The van der Waals surface area contributed by atoms with Crippen molar-refractivity contribution in [3.8, 4) is 5.75 Å². The maximum atomic E-state index is 12.7. The minimum absolute atomic E-state index is 0.0574. The van der Waals surface area contributed by atoms with Crippen LogP contribution in [0.3, 0.4) is 0 Å². The molecular weight excluding hydrogens is 320 g/mol. The molecule has 0 N–H and O–H groups in total. The zero-order valence-corrected chi connectivity index (χ0v) is 15.1. The van der Waals surface area contributed by atoms with Crippen molar-refractivity contribution in [2.45, 2.75) is 18.6 Å². The van der Waals surface area contributed by atoms with Crippen LogP contribution in [0.1, 0.15) is 6.42 Å². The fraction of sp³-hybridized carbons (Fsp3) is 0.632. The first-order chi connectivity index (χ1) is 12.2. The Kier molecular flexibility index (Phi) is 6.29. The van der Waals surface area contributed by atoms with E-state index in [0.717, 1.165) is 38.3 Å². The zero-order chi connectivity index (χ0) is 17.6. The lowest BCUT2D eigenvalue weighted by atomic mass is 9.89. The number of nitrogens with zero attached hydrogens (tertiary/aromatic N) is 2. The minimum atomic E-state index is 0.0574. The lowest BCUT2D eigenvalue weighted by molar-refractivity contribution is -0.141. The van der Waals surface area contributed by atoms with Gasteiger partial charge in [-0.05, 0) is 18.6 Å². The van der Waals surface area contributed by atoms with Crippen molar-refractivity contribution in [2.24, 2.45) is 5.92 Å². The largest absolute Gasteiger partial charge is 0.484 e. The molecule has 2 fully saturated rings. The Morgan fingerprint density at radius 1 is 1.20 bits per heavy atom. The predicted molar refractivity (Wildman–Crippen MR) is 94.7 cm³/mol. The van der Waals surface area contributed by atoms with Crippen LogP contribution in [0.4, 0.5) is 0 Å². The van der Waals surface area contributed by atoms with Crippen LogP contribution in [0.2, 0.25) is 0 Å². The Hall–Kier alpha value is -1.63. The van der Waals surface area contributed by atoms with Crippen molar-refractivity contribution in [2.75, 3.05) is 53.6 Å². The summed E-state index contributed by atoms with van der Waals surface area (Å²) in [6, 6.07) is 9.68. The second kappa shape index (κ2) is 8.65. The number of amides is 1. The van der Waals surface area contributed by atoms with E-state index in [9.17, 15) is 4.79 Å². The van der Waals surface area contributed by atoms with Crippen LogP contribution in [0.15, 0.2) is 30.3 Å². The Bertz CT molecular complexity index is 554. The van der Waals surface area contributed by atoms with Gasteiger partial charge >= 0.3 is 0 Å². The van der Waals surface area contributed by atoms with Crippen molar-refractivity contribution >= 4 is 5.91 Å². The normalized spacial score (nSPS) is 26.5. The van der Waals surface area contributed by atoms with E-state index in [-0.39, 0.29) is 24.7 Å². The molecule has 2 aliphatic heterocycles. The van der Waals surface area contributed by atoms with Crippen LogP contribution in [-0.2, 0) is 14.3 Å². The first-order valence-corrected chi connectivity index (χ1v) is 8.94. The molecule has 0 saturated carbocycles. The highest BCUT2D eigenvalue weighted by atomic mass is 16.5. The highest BCUT2D eigenvalue weighted by Crippen LogP contribution is 2.32. The zero-order valence-electron chi connectivity index (χ0n) is 15.1. The molecule has 0 unspecified atom stereocenters. The second-order valence-corrected chi connectivity index (χ2v) is 6.74. The van der Waals surface area contributed by atoms with Crippen molar-refractivity contribution < 1.29 is 19.0 Å². The summed E-state index contributed by atoms with van der Waals surface area (Å²) in [7, 11) is 3.49. The van der Waals surface area contributed by atoms with Crippen molar-refractivity contribution in [1.82, 2.24) is 9.80 Å². The molecule has 2 saturated heterocycles. The first-order valence-electron chi connectivity index (χ1n) is 8.94. The topological polar surface area (TPSA) is 51.2 Å². The molecule has 0 bridgehead atoms. The van der Waals surface area contributed by atoms with Gasteiger partial charge in [-0.15, -0.1) is 0 Å². The van der Waals surface area contributed by atoms with Crippen LogP contribution in [0.25, 0.3) is 0 Å². The van der Waals surface area contributed by atoms with Gasteiger partial charge in [-0.3, -0.25) is 9.69 Å². The lowest BCUT2D eigenvalue weighted by Crippen LogP contribution is -2.54. The summed E-state index contributed by atoms with van der Waals surface area (Å²) in [4.78, 5) is 17.1. The van der Waals surface area contributed by atoms with Gasteiger partial charge in [0, 0.05) is 46.3 Å². The molecule has 6 heteroatoms. The summed E-state index contributed by atoms with van der Waals surface area (Å²) in [5.41, 5.74) is 0. The molecule has 3 atom stereocenters. The summed E-state index contributed by atoms with van der Waals surface area (Å²) >= 11 is 0. The maximum Gasteiger partial charge on any atom is 0.260 e. The Balaban J connectivity index is 1.61. The van der Waals surface area contributed by atoms with Gasteiger partial charge in [-0.25, -0.2) is 0 Å². The number of carbonyl (C=O) groups excluding carboxylic acids is 1. The van der Waals surface area contributed by atoms with Crippen molar-refractivity contribution in [3.05, 3.63) is 30.3 Å². The minimum Gasteiger partial charge on any atom is -0.484 e. The number of likely N-dealkylation sites (tertiary alicyclic amines) is 2. The molecule has 3 rings (SSSR count). The van der Waals surface area contributed by atoms with E-state index >= 15 is 0 Å². The number of methoxy groups -OCH3 is 2. The van der Waals surface area contributed by atoms with Crippen molar-refractivity contribution in [1.29, 1.82) is 0 Å². The standard InChI is InChI=1S/C19H28N2O4/c1-23-11-10-20-12-16-17(13-20)21(9-8-18(16)24-2)19(22)14-25-15-6-4-3-5-7-15/h3-7,16-18H,8-14H2,1-2H3/t16-,17+,18-/m1/s1. The fourth-order valence-corrected chi connectivity index (χ4v) is 3.99. The van der Waals surface area contributed by atoms with Gasteiger partial charge in [-0.1, -0.05) is 18.2 Å². The van der Waals surface area contributed by atoms with Crippen LogP contribution >= 0.6 is 0 Å². The summed E-state index contributed by atoms with van der Waals surface area (Å²) in [6.45, 7) is 4.25. The third-order valence-corrected chi connectivity index (χ3v) is 5.28. The van der Waals surface area contributed by atoms with Gasteiger partial charge in [0.25, 0.3) is 5.91 Å². The van der Waals surface area contributed by atoms with Gasteiger partial charge in [0.15, 0.2) is 6.61 Å². The molecule has 1 aromatic carbocycles. The average Bonchev–Trinajstić information content (AvgIpc) is 3.08. The van der Waals surface area contributed by atoms with E-state index in [1.807, 2.05) is 35.2 Å². The smallest absolute Gasteiger partial charge is 0.260 e. The third-order valence-electron chi connectivity index (χ3n) is 5.28. The highest BCUT2D eigenvalue weighted by molar-refractivity contribution is 5.78. The Morgan fingerprint density at radius 2 is 2.00 bits per heavy atom. The number of benzene rings is 1. The summed E-state index contributed by atoms with van der Waals surface area (Å²) in [6.07, 6.45) is 1.10. The number of piperidine rings is 1. The lowest BCUT2D eigenvalue weighted by Gasteiger charge is -2.41. The first kappa shape index (κ1) is 18.2. The predicted octanol–water partition coefficient (Wildman–Crippen LogP) is 1.26. The maximum absolute atomic E-state index is 12.7. The number of ether oxygens (including phenoxy) is 3. The van der Waals surface area contributed by atoms with Gasteiger partial charge < -0.3 is 19.1 Å². The van der Waals surface area contributed by atoms with E-state index in [4.69, 9.17) is 14.2 Å². The molecule has 0 aliphatic carbocycles. The van der Waals surface area contributed by atoms with Gasteiger partial charge in [-0.2, -0.15) is 0 Å². The monoisotopic (exact) mass is 348 g/mol. The summed E-state index contributed by atoms with van der Waals surface area (Å²) in [5.74, 6) is 1.14. The van der Waals surface area contributed by atoms with Crippen molar-refractivity contribution in [3.63, 3.8) is 0 Å². The Morgan fingerprint density at radius 3 is 2.72 bits per heavy atom. The molecule has 6 nitrogen and oxygen atoms in total. The third kappa shape index (κ3) is 4.32. The fourth-order valence-electron chi connectivity index (χ4n) is 3.99. The quantitative estimate of drug-likeness (QED) is 0.743. The van der Waals surface area contributed by atoms with Crippen LogP contribution < -0.4 is 4.74 Å².